The van der Waals surface area contributed by atoms with E-state index in [2.05, 4.69) is 27.2 Å². The molecule has 12 heteroatoms. The number of halogens is 2. The zero-order valence-corrected chi connectivity index (χ0v) is 22.9. The number of amides is 1. The van der Waals surface area contributed by atoms with Crippen LogP contribution in [0, 0.1) is 11.8 Å². The van der Waals surface area contributed by atoms with Crippen molar-refractivity contribution in [2.75, 3.05) is 38.1 Å². The Morgan fingerprint density at radius 2 is 1.85 bits per heavy atom. The smallest absolute Gasteiger partial charge is 0.228 e. The minimum Gasteiger partial charge on any atom is -0.495 e. The number of methoxy groups -OCH3 is 2. The molecule has 0 bridgehead atoms. The van der Waals surface area contributed by atoms with Crippen molar-refractivity contribution >= 4 is 57.6 Å². The van der Waals surface area contributed by atoms with Crippen molar-refractivity contribution in [1.29, 1.82) is 0 Å². The fourth-order valence-corrected chi connectivity index (χ4v) is 5.16. The molecule has 1 aliphatic carbocycles. The highest BCUT2D eigenvalue weighted by atomic mass is 35.5. The summed E-state index contributed by atoms with van der Waals surface area (Å²) in [6.07, 6.45) is 4.90. The molecule has 10 nitrogen and oxygen atoms in total. The lowest BCUT2D eigenvalue weighted by atomic mass is 9.97. The Hall–Kier alpha value is -3.47. The molecule has 1 aromatic carbocycles. The minimum absolute atomic E-state index is 0.0448. The molecule has 2 fully saturated rings. The predicted molar refractivity (Wildman–Crippen MR) is 149 cm³/mol. The van der Waals surface area contributed by atoms with Gasteiger partial charge in [-0.3, -0.25) is 9.59 Å². The summed E-state index contributed by atoms with van der Waals surface area (Å²) in [5.74, 6) is 0.996. The Bertz CT molecular complexity index is 1430. The maximum Gasteiger partial charge on any atom is 0.228 e. The van der Waals surface area contributed by atoms with E-state index < -0.39 is 0 Å². The van der Waals surface area contributed by atoms with Gasteiger partial charge < -0.3 is 24.8 Å². The number of fused-ring (bicyclic) bond motifs is 1. The average Bonchev–Trinajstić information content (AvgIpc) is 3.70. The van der Waals surface area contributed by atoms with E-state index in [-0.39, 0.29) is 45.4 Å². The summed E-state index contributed by atoms with van der Waals surface area (Å²) in [5.41, 5.74) is 1.21. The maximum absolute atomic E-state index is 12.8. The second-order valence-corrected chi connectivity index (χ2v) is 10.2. The Morgan fingerprint density at radius 3 is 2.49 bits per heavy atom. The Labute approximate surface area is 235 Å². The third-order valence-corrected chi connectivity index (χ3v) is 7.54. The highest BCUT2D eigenvalue weighted by Gasteiger charge is 2.32. The van der Waals surface area contributed by atoms with Gasteiger partial charge in [0.2, 0.25) is 11.9 Å². The lowest BCUT2D eigenvalue weighted by molar-refractivity contribution is -0.117. The Kier molecular flexibility index (Phi) is 7.88. The van der Waals surface area contributed by atoms with Crippen LogP contribution in [0.4, 0.5) is 11.8 Å². The molecule has 2 N–H and O–H groups in total. The largest absolute Gasteiger partial charge is 0.495 e. The van der Waals surface area contributed by atoms with E-state index in [0.29, 0.717) is 59.2 Å². The van der Waals surface area contributed by atoms with Gasteiger partial charge in [-0.15, -0.1) is 0 Å². The second kappa shape index (κ2) is 11.3. The van der Waals surface area contributed by atoms with Gasteiger partial charge in [-0.25, -0.2) is 15.0 Å². The summed E-state index contributed by atoms with van der Waals surface area (Å²) in [7, 11) is 2.98. The summed E-state index contributed by atoms with van der Waals surface area (Å²) in [6.45, 7) is 4.41. The van der Waals surface area contributed by atoms with Crippen LogP contribution in [-0.2, 0) is 14.3 Å². The Balaban J connectivity index is 1.57. The second-order valence-electron chi connectivity index (χ2n) is 9.46. The molecule has 0 spiro atoms. The number of nitrogens with zero attached hydrogens (tertiary/aromatic N) is 3. The van der Waals surface area contributed by atoms with Crippen LogP contribution >= 0.6 is 23.2 Å². The first-order valence-electron chi connectivity index (χ1n) is 12.4. The van der Waals surface area contributed by atoms with Gasteiger partial charge in [0.15, 0.2) is 11.6 Å². The lowest BCUT2D eigenvalue weighted by Crippen LogP contribution is -2.30. The number of benzene rings is 1. The van der Waals surface area contributed by atoms with Gasteiger partial charge in [0, 0.05) is 41.5 Å². The van der Waals surface area contributed by atoms with E-state index >= 15 is 0 Å². The monoisotopic (exact) mass is 571 g/mol. The highest BCUT2D eigenvalue weighted by molar-refractivity contribution is 6.41. The normalized spacial score (nSPS) is 18.6. The number of hydrogen-bond donors (Lipinski definition) is 2. The SMILES string of the molecule is C=CC(=O)C[C@H]1COC[C@H]1Nc1ncc2cc(-c3c(Cl)c(OC)cc(OC)c3Cl)nc(NC(=O)C3CC3)c2n1. The summed E-state index contributed by atoms with van der Waals surface area (Å²) >= 11 is 13.3. The van der Waals surface area contributed by atoms with Crippen molar-refractivity contribution in [2.24, 2.45) is 11.8 Å². The number of aromatic nitrogens is 3. The van der Waals surface area contributed by atoms with E-state index in [4.69, 9.17) is 42.4 Å². The molecule has 1 saturated heterocycles. The summed E-state index contributed by atoms with van der Waals surface area (Å²) < 4.78 is 16.4. The first-order chi connectivity index (χ1) is 18.8. The number of pyridine rings is 1. The number of allylic oxidation sites excluding steroid dienone is 1. The molecule has 3 heterocycles. The van der Waals surface area contributed by atoms with Crippen LogP contribution in [0.2, 0.25) is 10.0 Å². The standard InChI is InChI=1S/C27H27Cl2N5O5/c1-4-16(35)7-15-11-39-12-18(15)32-27-30-10-14-8-17(21-22(28)19(37-2)9-20(38-3)23(21)29)31-25(24(14)33-27)34-26(36)13-5-6-13/h4,8-10,13,15,18H,1,5-7,11-12H2,2-3H3,(H,30,32,33)(H,31,34,36)/t15-,18+/m0/s1. The van der Waals surface area contributed by atoms with Gasteiger partial charge in [-0.2, -0.15) is 0 Å². The van der Waals surface area contributed by atoms with Gasteiger partial charge in [-0.1, -0.05) is 29.8 Å². The van der Waals surface area contributed by atoms with Crippen LogP contribution in [0.5, 0.6) is 11.5 Å². The van der Waals surface area contributed by atoms with Crippen molar-refractivity contribution in [1.82, 2.24) is 15.0 Å². The highest BCUT2D eigenvalue weighted by Crippen LogP contribution is 2.46. The van der Waals surface area contributed by atoms with Gasteiger partial charge in [0.05, 0.1) is 49.2 Å². The van der Waals surface area contributed by atoms with Crippen LogP contribution in [0.25, 0.3) is 22.2 Å². The number of ketones is 1. The number of carbonyl (C=O) groups is 2. The predicted octanol–water partition coefficient (Wildman–Crippen LogP) is 4.94. The number of anilines is 2. The first kappa shape index (κ1) is 27.1. The molecule has 3 aromatic rings. The zero-order chi connectivity index (χ0) is 27.7. The molecule has 1 saturated carbocycles. The van der Waals surface area contributed by atoms with Crippen molar-refractivity contribution in [3.05, 3.63) is 41.0 Å². The topological polar surface area (TPSA) is 125 Å². The van der Waals surface area contributed by atoms with Crippen molar-refractivity contribution < 1.29 is 23.8 Å². The van der Waals surface area contributed by atoms with Crippen molar-refractivity contribution in [3.63, 3.8) is 0 Å². The molecular weight excluding hydrogens is 545 g/mol. The van der Waals surface area contributed by atoms with E-state index in [9.17, 15) is 9.59 Å². The molecular formula is C27H27Cl2N5O5. The van der Waals surface area contributed by atoms with E-state index in [1.165, 1.54) is 20.3 Å². The number of hydrogen-bond acceptors (Lipinski definition) is 9. The number of rotatable bonds is 10. The van der Waals surface area contributed by atoms with Crippen LogP contribution in [0.3, 0.4) is 0 Å². The third kappa shape index (κ3) is 5.63. The third-order valence-electron chi connectivity index (χ3n) is 6.79. The van der Waals surface area contributed by atoms with Crippen LogP contribution in [0.15, 0.2) is 31.0 Å². The van der Waals surface area contributed by atoms with Crippen LogP contribution < -0.4 is 20.1 Å². The number of carbonyl (C=O) groups excluding carboxylic acids is 2. The lowest BCUT2D eigenvalue weighted by Gasteiger charge is -2.19. The Morgan fingerprint density at radius 1 is 1.13 bits per heavy atom. The van der Waals surface area contributed by atoms with Gasteiger partial charge in [0.25, 0.3) is 0 Å². The van der Waals surface area contributed by atoms with Crippen molar-refractivity contribution in [3.8, 4) is 22.8 Å². The first-order valence-corrected chi connectivity index (χ1v) is 13.2. The molecule has 204 valence electrons. The van der Waals surface area contributed by atoms with Crippen molar-refractivity contribution in [2.45, 2.75) is 25.3 Å². The summed E-state index contributed by atoms with van der Waals surface area (Å²) in [6, 6.07) is 3.17. The van der Waals surface area contributed by atoms with Gasteiger partial charge >= 0.3 is 0 Å². The van der Waals surface area contributed by atoms with E-state index in [1.807, 2.05) is 0 Å². The average molecular weight is 572 g/mol. The van der Waals surface area contributed by atoms with Crippen LogP contribution in [0.1, 0.15) is 19.3 Å². The molecule has 2 aromatic heterocycles. The van der Waals surface area contributed by atoms with E-state index in [1.54, 1.807) is 18.3 Å². The molecule has 39 heavy (non-hydrogen) atoms. The molecule has 0 unspecified atom stereocenters. The summed E-state index contributed by atoms with van der Waals surface area (Å²) in [4.78, 5) is 38.6. The zero-order valence-electron chi connectivity index (χ0n) is 21.4. The molecule has 0 radical (unpaired) electrons. The molecule has 5 rings (SSSR count). The van der Waals surface area contributed by atoms with E-state index in [0.717, 1.165) is 12.8 Å². The quantitative estimate of drug-likeness (QED) is 0.325. The molecule has 2 aliphatic rings. The van der Waals surface area contributed by atoms with Gasteiger partial charge in [0.1, 0.15) is 17.0 Å². The van der Waals surface area contributed by atoms with Gasteiger partial charge in [-0.05, 0) is 25.0 Å². The number of nitrogens with one attached hydrogen (secondary N) is 2. The minimum atomic E-state index is -0.162. The molecule has 1 aliphatic heterocycles. The fourth-order valence-electron chi connectivity index (χ4n) is 4.47. The molecule has 2 atom stereocenters. The summed E-state index contributed by atoms with van der Waals surface area (Å²) in [5, 5.41) is 7.29. The number of ether oxygens (including phenoxy) is 3. The maximum atomic E-state index is 12.8. The van der Waals surface area contributed by atoms with Crippen LogP contribution in [-0.4, -0.2) is 60.1 Å². The fraction of sp³-hybridized carbons (Fsp3) is 0.370. The molecule has 1 amide bonds.